The highest BCUT2D eigenvalue weighted by Crippen LogP contribution is 2.37. The molecule has 4 heteroatoms. The Balaban J connectivity index is 0.000000239. The Hall–Kier alpha value is -2.82. The van der Waals surface area contributed by atoms with E-state index in [0.29, 0.717) is 12.0 Å². The van der Waals surface area contributed by atoms with Crippen molar-refractivity contribution in [2.75, 3.05) is 19.6 Å². The van der Waals surface area contributed by atoms with Gasteiger partial charge >= 0.3 is 0 Å². The molecule has 3 fully saturated rings. The van der Waals surface area contributed by atoms with Crippen molar-refractivity contribution < 1.29 is 0 Å². The van der Waals surface area contributed by atoms with Crippen LogP contribution >= 0.6 is 0 Å². The SMILES string of the molecule is C=C1C(=C)C(NC2CC2)=C1N/C(C=CC(C)C(=C)C)=C/C.CC.CCC1CCCCN1C1CCN(Cc2ccc(C)cc2C)CC1. The lowest BCUT2D eigenvalue weighted by molar-refractivity contribution is 0.0469. The van der Waals surface area contributed by atoms with Gasteiger partial charge in [-0.3, -0.25) is 9.80 Å². The first-order valence-corrected chi connectivity index (χ1v) is 18.3. The molecule has 2 aliphatic heterocycles. The topological polar surface area (TPSA) is 30.5 Å². The van der Waals surface area contributed by atoms with Gasteiger partial charge in [-0.25, -0.2) is 0 Å². The van der Waals surface area contributed by atoms with E-state index < -0.39 is 0 Å². The van der Waals surface area contributed by atoms with E-state index in [1.54, 1.807) is 0 Å². The Kier molecular flexibility index (Phi) is 15.1. The molecule has 1 aromatic rings. The second-order valence-corrected chi connectivity index (χ2v) is 13.7. The van der Waals surface area contributed by atoms with Gasteiger partial charge in [0.1, 0.15) is 0 Å². The summed E-state index contributed by atoms with van der Waals surface area (Å²) in [6.07, 6.45) is 17.2. The molecular weight excluding hydrogens is 560 g/mol. The third-order valence-corrected chi connectivity index (χ3v) is 10.1. The molecule has 2 aliphatic carbocycles. The largest absolute Gasteiger partial charge is 0.380 e. The molecule has 2 atom stereocenters. The number of aryl methyl sites for hydroxylation is 2. The van der Waals surface area contributed by atoms with Crippen molar-refractivity contribution in [3.8, 4) is 0 Å². The Bertz CT molecular complexity index is 1270. The fourth-order valence-corrected chi connectivity index (χ4v) is 6.65. The summed E-state index contributed by atoms with van der Waals surface area (Å²) in [6, 6.07) is 9.23. The van der Waals surface area contributed by atoms with Crippen LogP contribution in [0.4, 0.5) is 0 Å². The van der Waals surface area contributed by atoms with Crippen LogP contribution in [0.25, 0.3) is 0 Å². The number of nitrogens with one attached hydrogen (secondary N) is 2. The lowest BCUT2D eigenvalue weighted by Gasteiger charge is -2.44. The zero-order valence-corrected chi connectivity index (χ0v) is 30.8. The maximum Gasteiger partial charge on any atom is 0.0700 e. The number of hydrogen-bond donors (Lipinski definition) is 2. The van der Waals surface area contributed by atoms with Crippen molar-refractivity contribution in [3.05, 3.63) is 107 Å². The molecule has 4 aliphatic rings. The minimum absolute atomic E-state index is 0.374. The van der Waals surface area contributed by atoms with Gasteiger partial charge in [-0.15, -0.1) is 0 Å². The quantitative estimate of drug-likeness (QED) is 0.189. The van der Waals surface area contributed by atoms with Crippen molar-refractivity contribution in [2.24, 2.45) is 5.92 Å². The highest BCUT2D eigenvalue weighted by Gasteiger charge is 2.32. The summed E-state index contributed by atoms with van der Waals surface area (Å²) in [6.45, 7) is 34.2. The summed E-state index contributed by atoms with van der Waals surface area (Å²) in [5.74, 6) is 0.374. The highest BCUT2D eigenvalue weighted by molar-refractivity contribution is 5.67. The minimum Gasteiger partial charge on any atom is -0.380 e. The third kappa shape index (κ3) is 10.6. The Labute approximate surface area is 283 Å². The Morgan fingerprint density at radius 3 is 2.24 bits per heavy atom. The zero-order valence-electron chi connectivity index (χ0n) is 30.8. The predicted molar refractivity (Wildman–Crippen MR) is 202 cm³/mol. The molecule has 1 aromatic carbocycles. The van der Waals surface area contributed by atoms with E-state index in [1.165, 1.54) is 93.3 Å². The average molecular weight is 627 g/mol. The molecule has 2 N–H and O–H groups in total. The molecule has 0 spiro atoms. The summed E-state index contributed by atoms with van der Waals surface area (Å²) in [5.41, 5.74) is 10.8. The average Bonchev–Trinajstić information content (AvgIpc) is 3.91. The fraction of sp³-hybridized carbons (Fsp3) is 0.571. The summed E-state index contributed by atoms with van der Waals surface area (Å²) >= 11 is 0. The van der Waals surface area contributed by atoms with Crippen LogP contribution in [0.15, 0.2) is 90.0 Å². The second-order valence-electron chi connectivity index (χ2n) is 13.7. The van der Waals surface area contributed by atoms with E-state index in [1.807, 2.05) is 20.8 Å². The lowest BCUT2D eigenvalue weighted by atomic mass is 9.89. The fourth-order valence-electron chi connectivity index (χ4n) is 6.65. The van der Waals surface area contributed by atoms with E-state index in [4.69, 9.17) is 0 Å². The standard InChI is InChI=1S/C21H34N2.C19H26N2.C2H6/c1-4-20-7-5-6-12-23(20)21-10-13-22(14-11-21)16-19-9-8-17(2)15-18(19)3;1-7-16(9-8-13(4)12(2)3)20-18-14(5)15(6)19(18)21-17-10-11-17;1-2/h8-9,15,20-21H,4-7,10-14,16H2,1-3H3;7-9,13,17,20-21H,2,5-6,10-11H2,1,3-4H3;1-2H3/b;9-8?,16-7+;. The zero-order chi connectivity index (χ0) is 33.8. The van der Waals surface area contributed by atoms with Crippen LogP contribution in [0.2, 0.25) is 0 Å². The molecule has 4 nitrogen and oxygen atoms in total. The number of allylic oxidation sites excluding steroid dienone is 6. The third-order valence-electron chi connectivity index (χ3n) is 10.1. The summed E-state index contributed by atoms with van der Waals surface area (Å²) in [4.78, 5) is 5.52. The molecule has 0 amide bonds. The number of hydrogen-bond acceptors (Lipinski definition) is 4. The maximum atomic E-state index is 4.09. The molecule has 254 valence electrons. The molecule has 0 aromatic heterocycles. The predicted octanol–water partition coefficient (Wildman–Crippen LogP) is 9.90. The smallest absolute Gasteiger partial charge is 0.0700 e. The summed E-state index contributed by atoms with van der Waals surface area (Å²) in [5, 5.41) is 6.99. The van der Waals surface area contributed by atoms with Crippen molar-refractivity contribution >= 4 is 0 Å². The van der Waals surface area contributed by atoms with Crippen molar-refractivity contribution in [3.63, 3.8) is 0 Å². The molecule has 2 saturated heterocycles. The maximum absolute atomic E-state index is 4.09. The first-order chi connectivity index (χ1) is 22.1. The van der Waals surface area contributed by atoms with E-state index in [9.17, 15) is 0 Å². The number of piperidine rings is 2. The van der Waals surface area contributed by atoms with Crippen LogP contribution in [0.3, 0.4) is 0 Å². The van der Waals surface area contributed by atoms with Crippen LogP contribution in [-0.2, 0) is 6.54 Å². The van der Waals surface area contributed by atoms with Gasteiger partial charge in [0.05, 0.1) is 11.4 Å². The van der Waals surface area contributed by atoms with Gasteiger partial charge in [-0.05, 0) is 115 Å². The molecule has 2 heterocycles. The van der Waals surface area contributed by atoms with Crippen molar-refractivity contribution in [2.45, 2.75) is 131 Å². The van der Waals surface area contributed by atoms with E-state index >= 15 is 0 Å². The molecule has 1 saturated carbocycles. The second kappa shape index (κ2) is 18.5. The highest BCUT2D eigenvalue weighted by atomic mass is 15.2. The van der Waals surface area contributed by atoms with Gasteiger partial charge in [0.25, 0.3) is 0 Å². The van der Waals surface area contributed by atoms with Gasteiger partial charge < -0.3 is 10.6 Å². The number of benzene rings is 1. The summed E-state index contributed by atoms with van der Waals surface area (Å²) in [7, 11) is 0. The van der Waals surface area contributed by atoms with Gasteiger partial charge in [0.15, 0.2) is 0 Å². The van der Waals surface area contributed by atoms with Gasteiger partial charge in [0.2, 0.25) is 0 Å². The van der Waals surface area contributed by atoms with Crippen LogP contribution in [0, 0.1) is 19.8 Å². The van der Waals surface area contributed by atoms with Gasteiger partial charge in [0, 0.05) is 41.5 Å². The van der Waals surface area contributed by atoms with E-state index in [2.05, 4.69) is 111 Å². The normalized spacial score (nSPS) is 22.0. The molecule has 5 rings (SSSR count). The molecule has 46 heavy (non-hydrogen) atoms. The first kappa shape index (κ1) is 37.6. The molecular formula is C42H66N4. The van der Waals surface area contributed by atoms with E-state index in [-0.39, 0.29) is 0 Å². The van der Waals surface area contributed by atoms with Crippen molar-refractivity contribution in [1.82, 2.24) is 20.4 Å². The minimum atomic E-state index is 0.374. The first-order valence-electron chi connectivity index (χ1n) is 18.3. The monoisotopic (exact) mass is 627 g/mol. The van der Waals surface area contributed by atoms with Crippen LogP contribution in [0.1, 0.15) is 110 Å². The van der Waals surface area contributed by atoms with Crippen LogP contribution in [0.5, 0.6) is 0 Å². The van der Waals surface area contributed by atoms with Crippen LogP contribution < -0.4 is 10.6 Å². The van der Waals surface area contributed by atoms with E-state index in [0.717, 1.165) is 46.9 Å². The van der Waals surface area contributed by atoms with Gasteiger partial charge in [-0.1, -0.05) is 95.3 Å². The van der Waals surface area contributed by atoms with Crippen molar-refractivity contribution in [1.29, 1.82) is 0 Å². The summed E-state index contributed by atoms with van der Waals surface area (Å²) < 4.78 is 0. The molecule has 0 radical (unpaired) electrons. The molecule has 2 unspecified atom stereocenters. The number of rotatable bonds is 11. The Morgan fingerprint density at radius 2 is 1.65 bits per heavy atom. The van der Waals surface area contributed by atoms with Crippen LogP contribution in [-0.4, -0.2) is 47.6 Å². The number of likely N-dealkylation sites (tertiary alicyclic amines) is 2. The lowest BCUT2D eigenvalue weighted by Crippen LogP contribution is -2.50. The van der Waals surface area contributed by atoms with Gasteiger partial charge in [-0.2, -0.15) is 0 Å². The Morgan fingerprint density at radius 1 is 0.978 bits per heavy atom. The molecule has 0 bridgehead atoms. The number of nitrogens with zero attached hydrogens (tertiary/aromatic N) is 2.